The number of rotatable bonds is 7. The molecule has 0 aromatic carbocycles. The molecule has 0 aliphatic carbocycles. The maximum atomic E-state index is 12.0. The highest BCUT2D eigenvalue weighted by Crippen LogP contribution is 2.05. The lowest BCUT2D eigenvalue weighted by molar-refractivity contribution is -0.131. The maximum Gasteiger partial charge on any atom is 0.243 e. The molecule has 6 heteroatoms. The molecule has 104 valence electrons. The smallest absolute Gasteiger partial charge is 0.243 e. The summed E-state index contributed by atoms with van der Waals surface area (Å²) in [6.45, 7) is 7.01. The zero-order valence-electron chi connectivity index (χ0n) is 11.4. The predicted octanol–water partition coefficient (Wildman–Crippen LogP) is -0.0827. The molecule has 2 atom stereocenters. The van der Waals surface area contributed by atoms with E-state index in [-0.39, 0.29) is 17.7 Å². The first-order valence-corrected chi connectivity index (χ1v) is 6.14. The minimum absolute atomic E-state index is 0.251. The van der Waals surface area contributed by atoms with E-state index < -0.39 is 18.0 Å². The lowest BCUT2D eigenvalue weighted by atomic mass is 10.0. The monoisotopic (exact) mass is 257 g/mol. The van der Waals surface area contributed by atoms with Crippen LogP contribution >= 0.6 is 0 Å². The molecule has 6 nitrogen and oxygen atoms in total. The molecule has 0 aliphatic heterocycles. The summed E-state index contributed by atoms with van der Waals surface area (Å²) in [6.07, 6.45) is 0.941. The highest BCUT2D eigenvalue weighted by atomic mass is 16.2. The number of carbonyl (C=O) groups is 3. The summed E-state index contributed by atoms with van der Waals surface area (Å²) in [5.41, 5.74) is 5.16. The molecule has 0 saturated heterocycles. The second-order valence-electron chi connectivity index (χ2n) is 4.75. The minimum atomic E-state index is -0.694. The molecule has 0 aliphatic rings. The molecule has 0 radical (unpaired) electrons. The van der Waals surface area contributed by atoms with Gasteiger partial charge in [-0.2, -0.15) is 0 Å². The van der Waals surface area contributed by atoms with E-state index in [1.165, 1.54) is 6.92 Å². The van der Waals surface area contributed by atoms with Gasteiger partial charge in [0.1, 0.15) is 12.1 Å². The third-order valence-corrected chi connectivity index (χ3v) is 2.47. The Morgan fingerprint density at radius 2 is 1.67 bits per heavy atom. The molecule has 0 aromatic rings. The number of primary amides is 1. The number of carbonyl (C=O) groups excluding carboxylic acids is 3. The molecule has 0 spiro atoms. The molecule has 3 amide bonds. The van der Waals surface area contributed by atoms with Crippen molar-refractivity contribution in [3.8, 4) is 0 Å². The van der Waals surface area contributed by atoms with Crippen molar-refractivity contribution in [3.05, 3.63) is 0 Å². The van der Waals surface area contributed by atoms with Crippen molar-refractivity contribution in [2.45, 2.75) is 52.6 Å². The van der Waals surface area contributed by atoms with E-state index in [9.17, 15) is 14.4 Å². The summed E-state index contributed by atoms with van der Waals surface area (Å²) in [4.78, 5) is 34.1. The summed E-state index contributed by atoms with van der Waals surface area (Å²) in [7, 11) is 0. The summed E-state index contributed by atoms with van der Waals surface area (Å²) in [6, 6.07) is -1.32. The quantitative estimate of drug-likeness (QED) is 0.594. The Kier molecular flexibility index (Phi) is 7.00. The van der Waals surface area contributed by atoms with E-state index in [1.54, 1.807) is 6.92 Å². The number of hydrogen-bond donors (Lipinski definition) is 3. The van der Waals surface area contributed by atoms with Crippen LogP contribution in [-0.2, 0) is 14.4 Å². The van der Waals surface area contributed by atoms with Gasteiger partial charge < -0.3 is 16.4 Å². The molecular weight excluding hydrogens is 234 g/mol. The average Bonchev–Trinajstić information content (AvgIpc) is 2.22. The summed E-state index contributed by atoms with van der Waals surface area (Å²) >= 11 is 0. The number of nitrogens with one attached hydrogen (secondary N) is 2. The molecule has 4 N–H and O–H groups in total. The van der Waals surface area contributed by atoms with Crippen LogP contribution in [0.25, 0.3) is 0 Å². The van der Waals surface area contributed by atoms with Crippen LogP contribution in [0.4, 0.5) is 0 Å². The summed E-state index contributed by atoms with van der Waals surface area (Å²) in [5, 5.41) is 5.13. The highest BCUT2D eigenvalue weighted by Gasteiger charge is 2.24. The van der Waals surface area contributed by atoms with Gasteiger partial charge >= 0.3 is 0 Å². The fourth-order valence-electron chi connectivity index (χ4n) is 1.59. The molecule has 0 heterocycles. The van der Waals surface area contributed by atoms with Crippen LogP contribution in [0.2, 0.25) is 0 Å². The Balaban J connectivity index is 4.63. The van der Waals surface area contributed by atoms with Crippen molar-refractivity contribution in [1.29, 1.82) is 0 Å². The van der Waals surface area contributed by atoms with Gasteiger partial charge in [0, 0.05) is 6.92 Å². The molecule has 0 rings (SSSR count). The van der Waals surface area contributed by atoms with E-state index in [0.29, 0.717) is 12.8 Å². The third-order valence-electron chi connectivity index (χ3n) is 2.47. The number of hydrogen-bond acceptors (Lipinski definition) is 3. The Labute approximate surface area is 108 Å². The fraction of sp³-hybridized carbons (Fsp3) is 0.750. The van der Waals surface area contributed by atoms with Crippen LogP contribution in [-0.4, -0.2) is 29.8 Å². The van der Waals surface area contributed by atoms with Gasteiger partial charge in [0.2, 0.25) is 17.7 Å². The van der Waals surface area contributed by atoms with Gasteiger partial charge in [0.15, 0.2) is 0 Å². The minimum Gasteiger partial charge on any atom is -0.368 e. The molecular formula is C12H23N3O3. The molecule has 0 saturated carbocycles. The Hall–Kier alpha value is -1.59. The van der Waals surface area contributed by atoms with Gasteiger partial charge in [0.05, 0.1) is 0 Å². The van der Waals surface area contributed by atoms with Gasteiger partial charge in [0.25, 0.3) is 0 Å². The van der Waals surface area contributed by atoms with Crippen molar-refractivity contribution in [1.82, 2.24) is 10.6 Å². The van der Waals surface area contributed by atoms with Crippen LogP contribution in [0, 0.1) is 5.92 Å². The van der Waals surface area contributed by atoms with Crippen molar-refractivity contribution in [2.75, 3.05) is 0 Å². The lowest BCUT2D eigenvalue weighted by Gasteiger charge is -2.22. The third kappa shape index (κ3) is 6.22. The van der Waals surface area contributed by atoms with Crippen molar-refractivity contribution in [3.63, 3.8) is 0 Å². The van der Waals surface area contributed by atoms with Gasteiger partial charge in [-0.25, -0.2) is 0 Å². The lowest BCUT2D eigenvalue weighted by Crippen LogP contribution is -2.52. The van der Waals surface area contributed by atoms with Crippen LogP contribution in [0.3, 0.4) is 0 Å². The van der Waals surface area contributed by atoms with E-state index in [0.717, 1.165) is 0 Å². The molecule has 0 bridgehead atoms. The molecule has 0 fully saturated rings. The van der Waals surface area contributed by atoms with Crippen LogP contribution in [0.15, 0.2) is 0 Å². The Morgan fingerprint density at radius 3 is 2.00 bits per heavy atom. The zero-order chi connectivity index (χ0) is 14.3. The van der Waals surface area contributed by atoms with Crippen LogP contribution in [0.5, 0.6) is 0 Å². The number of nitrogens with two attached hydrogens (primary N) is 1. The maximum absolute atomic E-state index is 12.0. The SMILES string of the molecule is CC[C@H](NC(=O)[C@H](CC(C)C)NC(C)=O)C(N)=O. The first-order valence-electron chi connectivity index (χ1n) is 6.14. The van der Waals surface area contributed by atoms with Gasteiger partial charge in [-0.05, 0) is 18.8 Å². The van der Waals surface area contributed by atoms with Gasteiger partial charge in [-0.1, -0.05) is 20.8 Å². The predicted molar refractivity (Wildman–Crippen MR) is 68.5 cm³/mol. The standard InChI is InChI=1S/C12H23N3O3/c1-5-9(11(13)17)15-12(18)10(6-7(2)3)14-8(4)16/h7,9-10H,5-6H2,1-4H3,(H2,13,17)(H,14,16)(H,15,18)/t9-,10-/m0/s1. The van der Waals surface area contributed by atoms with Gasteiger partial charge in [-0.15, -0.1) is 0 Å². The topological polar surface area (TPSA) is 101 Å². The van der Waals surface area contributed by atoms with Gasteiger partial charge in [-0.3, -0.25) is 14.4 Å². The second-order valence-corrected chi connectivity index (χ2v) is 4.75. The Bertz CT molecular complexity index is 316. The molecule has 0 unspecified atom stereocenters. The average molecular weight is 257 g/mol. The normalized spacial score (nSPS) is 13.8. The molecule has 18 heavy (non-hydrogen) atoms. The summed E-state index contributed by atoms with van der Waals surface area (Å²) < 4.78 is 0. The van der Waals surface area contributed by atoms with Crippen LogP contribution in [0.1, 0.15) is 40.5 Å². The van der Waals surface area contributed by atoms with E-state index in [1.807, 2.05) is 13.8 Å². The largest absolute Gasteiger partial charge is 0.368 e. The van der Waals surface area contributed by atoms with E-state index in [4.69, 9.17) is 5.73 Å². The van der Waals surface area contributed by atoms with Crippen LogP contribution < -0.4 is 16.4 Å². The zero-order valence-corrected chi connectivity index (χ0v) is 11.4. The Morgan fingerprint density at radius 1 is 1.11 bits per heavy atom. The van der Waals surface area contributed by atoms with E-state index in [2.05, 4.69) is 10.6 Å². The first kappa shape index (κ1) is 16.4. The fourth-order valence-corrected chi connectivity index (χ4v) is 1.59. The first-order chi connectivity index (χ1) is 8.27. The van der Waals surface area contributed by atoms with Crippen molar-refractivity contribution < 1.29 is 14.4 Å². The highest BCUT2D eigenvalue weighted by molar-refractivity contribution is 5.91. The van der Waals surface area contributed by atoms with E-state index >= 15 is 0 Å². The van der Waals surface area contributed by atoms with Crippen molar-refractivity contribution in [2.24, 2.45) is 11.7 Å². The number of amides is 3. The second kappa shape index (κ2) is 7.68. The van der Waals surface area contributed by atoms with Crippen molar-refractivity contribution >= 4 is 17.7 Å². The summed E-state index contributed by atoms with van der Waals surface area (Å²) in [5.74, 6) is -0.967. The molecule has 0 aromatic heterocycles.